The van der Waals surface area contributed by atoms with Gasteiger partial charge in [-0.05, 0) is 35.9 Å². The van der Waals surface area contributed by atoms with Crippen LogP contribution in [-0.4, -0.2) is 28.8 Å². The summed E-state index contributed by atoms with van der Waals surface area (Å²) in [6, 6.07) is 12.2. The van der Waals surface area contributed by atoms with Crippen LogP contribution in [0.4, 0.5) is 10.1 Å². The standard InChI is InChI=1S/C23H19FN4O2/c1-3-20(30)28(2)14-8-9-18(26-12-14)22-16(24)10-13(11-19(25)29)23-21(22)15-6-4-5-7-17(15)27-23/h3-10,12,27H,1,11H2,2H3,(H2,25,29). The second-order valence-corrected chi connectivity index (χ2v) is 6.96. The number of rotatable bonds is 5. The van der Waals surface area contributed by atoms with E-state index < -0.39 is 11.7 Å². The monoisotopic (exact) mass is 402 g/mol. The molecule has 4 aromatic rings. The van der Waals surface area contributed by atoms with Crippen molar-refractivity contribution in [2.75, 3.05) is 11.9 Å². The highest BCUT2D eigenvalue weighted by molar-refractivity contribution is 6.15. The molecule has 30 heavy (non-hydrogen) atoms. The van der Waals surface area contributed by atoms with Crippen molar-refractivity contribution in [2.45, 2.75) is 6.42 Å². The zero-order valence-electron chi connectivity index (χ0n) is 16.3. The number of nitrogens with two attached hydrogens (primary N) is 1. The quantitative estimate of drug-likeness (QED) is 0.499. The fraction of sp³-hybridized carbons (Fsp3) is 0.0870. The average molecular weight is 402 g/mol. The Labute approximate surface area is 171 Å². The molecular weight excluding hydrogens is 383 g/mol. The van der Waals surface area contributed by atoms with Gasteiger partial charge in [0.1, 0.15) is 5.82 Å². The summed E-state index contributed by atoms with van der Waals surface area (Å²) in [7, 11) is 1.61. The van der Waals surface area contributed by atoms with Crippen molar-refractivity contribution in [3.63, 3.8) is 0 Å². The number of hydrogen-bond acceptors (Lipinski definition) is 3. The van der Waals surface area contributed by atoms with Crippen molar-refractivity contribution in [1.29, 1.82) is 0 Å². The molecule has 0 aliphatic rings. The lowest BCUT2D eigenvalue weighted by Gasteiger charge is -2.15. The Bertz CT molecular complexity index is 1310. The summed E-state index contributed by atoms with van der Waals surface area (Å²) in [5.74, 6) is -1.32. The molecule has 3 N–H and O–H groups in total. The van der Waals surface area contributed by atoms with Gasteiger partial charge in [0.25, 0.3) is 0 Å². The lowest BCUT2D eigenvalue weighted by Crippen LogP contribution is -2.23. The summed E-state index contributed by atoms with van der Waals surface area (Å²) in [6.45, 7) is 3.47. The normalized spacial score (nSPS) is 11.0. The summed E-state index contributed by atoms with van der Waals surface area (Å²) in [6.07, 6.45) is 2.63. The number of anilines is 1. The van der Waals surface area contributed by atoms with Crippen LogP contribution in [0.5, 0.6) is 0 Å². The van der Waals surface area contributed by atoms with E-state index in [4.69, 9.17) is 5.73 Å². The van der Waals surface area contributed by atoms with Gasteiger partial charge in [0.15, 0.2) is 0 Å². The first kappa shape index (κ1) is 19.3. The number of carbonyl (C=O) groups excluding carboxylic acids is 2. The van der Waals surface area contributed by atoms with Gasteiger partial charge < -0.3 is 15.6 Å². The maximum absolute atomic E-state index is 15.3. The van der Waals surface area contributed by atoms with Crippen molar-refractivity contribution in [3.05, 3.63) is 72.7 Å². The van der Waals surface area contributed by atoms with Gasteiger partial charge >= 0.3 is 0 Å². The molecule has 150 valence electrons. The molecule has 6 nitrogen and oxygen atoms in total. The molecule has 0 fully saturated rings. The minimum Gasteiger partial charge on any atom is -0.369 e. The van der Waals surface area contributed by atoms with Crippen molar-refractivity contribution in [1.82, 2.24) is 9.97 Å². The Hall–Kier alpha value is -4.00. The second kappa shape index (κ2) is 7.44. The van der Waals surface area contributed by atoms with Gasteiger partial charge in [0.05, 0.1) is 29.5 Å². The molecule has 0 aliphatic heterocycles. The van der Waals surface area contributed by atoms with E-state index in [9.17, 15) is 9.59 Å². The SMILES string of the molecule is C=CC(=O)N(C)c1ccc(-c2c(F)cc(CC(N)=O)c3[nH]c4ccccc4c23)nc1. The Balaban J connectivity index is 1.95. The van der Waals surface area contributed by atoms with E-state index in [1.165, 1.54) is 23.2 Å². The fourth-order valence-electron chi connectivity index (χ4n) is 3.63. The van der Waals surface area contributed by atoms with Crippen LogP contribution in [0.2, 0.25) is 0 Å². The van der Waals surface area contributed by atoms with E-state index in [0.29, 0.717) is 33.4 Å². The number of carbonyl (C=O) groups is 2. The number of aromatic nitrogens is 2. The van der Waals surface area contributed by atoms with Gasteiger partial charge in [-0.1, -0.05) is 24.8 Å². The predicted molar refractivity (Wildman–Crippen MR) is 115 cm³/mol. The van der Waals surface area contributed by atoms with Gasteiger partial charge in [-0.3, -0.25) is 14.6 Å². The molecule has 0 radical (unpaired) electrons. The third-order valence-electron chi connectivity index (χ3n) is 5.08. The first-order valence-corrected chi connectivity index (χ1v) is 9.27. The van der Waals surface area contributed by atoms with E-state index >= 15 is 4.39 Å². The topological polar surface area (TPSA) is 92.1 Å². The van der Waals surface area contributed by atoms with Crippen LogP contribution < -0.4 is 10.6 Å². The molecular formula is C23H19FN4O2. The minimum absolute atomic E-state index is 0.0820. The Morgan fingerprint density at radius 2 is 2.03 bits per heavy atom. The predicted octanol–water partition coefficient (Wildman–Crippen LogP) is 3.70. The number of benzene rings is 2. The number of hydrogen-bond donors (Lipinski definition) is 2. The Morgan fingerprint density at radius 1 is 1.27 bits per heavy atom. The number of pyridine rings is 1. The third-order valence-corrected chi connectivity index (χ3v) is 5.08. The highest BCUT2D eigenvalue weighted by Crippen LogP contribution is 2.38. The molecule has 0 unspecified atom stereocenters. The number of nitrogens with one attached hydrogen (secondary N) is 1. The van der Waals surface area contributed by atoms with Crippen LogP contribution in [0, 0.1) is 5.82 Å². The number of primary amides is 1. The fourth-order valence-corrected chi connectivity index (χ4v) is 3.63. The van der Waals surface area contributed by atoms with Crippen LogP contribution >= 0.6 is 0 Å². The van der Waals surface area contributed by atoms with Crippen LogP contribution in [0.3, 0.4) is 0 Å². The van der Waals surface area contributed by atoms with Crippen molar-refractivity contribution < 1.29 is 14.0 Å². The van der Waals surface area contributed by atoms with Crippen molar-refractivity contribution in [3.8, 4) is 11.3 Å². The first-order chi connectivity index (χ1) is 14.4. The molecule has 0 aliphatic carbocycles. The number of nitrogens with zero attached hydrogens (tertiary/aromatic N) is 2. The summed E-state index contributed by atoms with van der Waals surface area (Å²) < 4.78 is 15.3. The van der Waals surface area contributed by atoms with Crippen LogP contribution in [0.25, 0.3) is 33.1 Å². The highest BCUT2D eigenvalue weighted by Gasteiger charge is 2.20. The summed E-state index contributed by atoms with van der Waals surface area (Å²) >= 11 is 0. The molecule has 7 heteroatoms. The van der Waals surface area contributed by atoms with E-state index in [-0.39, 0.29) is 12.3 Å². The minimum atomic E-state index is -0.542. The van der Waals surface area contributed by atoms with E-state index in [2.05, 4.69) is 16.5 Å². The smallest absolute Gasteiger partial charge is 0.250 e. The largest absolute Gasteiger partial charge is 0.369 e. The summed E-state index contributed by atoms with van der Waals surface area (Å²) in [5, 5.41) is 1.45. The van der Waals surface area contributed by atoms with E-state index in [1.807, 2.05) is 24.3 Å². The number of para-hydroxylation sites is 1. The lowest BCUT2D eigenvalue weighted by molar-refractivity contribution is -0.117. The molecule has 4 rings (SSSR count). The van der Waals surface area contributed by atoms with E-state index in [0.717, 1.165) is 10.9 Å². The maximum atomic E-state index is 15.3. The molecule has 2 amide bonds. The zero-order chi connectivity index (χ0) is 21.4. The van der Waals surface area contributed by atoms with Crippen molar-refractivity contribution in [2.24, 2.45) is 5.73 Å². The number of halogens is 1. The van der Waals surface area contributed by atoms with Gasteiger partial charge in [-0.25, -0.2) is 4.39 Å². The molecule has 0 bridgehead atoms. The molecule has 0 atom stereocenters. The number of aromatic amines is 1. The third kappa shape index (κ3) is 3.20. The Morgan fingerprint density at radius 3 is 2.70 bits per heavy atom. The molecule has 0 spiro atoms. The number of fused-ring (bicyclic) bond motifs is 3. The van der Waals surface area contributed by atoms with Crippen molar-refractivity contribution >= 4 is 39.3 Å². The van der Waals surface area contributed by atoms with Crippen LogP contribution in [0.15, 0.2) is 61.3 Å². The second-order valence-electron chi connectivity index (χ2n) is 6.96. The molecule has 2 aromatic heterocycles. The van der Waals surface area contributed by atoms with Gasteiger partial charge in [-0.15, -0.1) is 0 Å². The molecule has 2 aromatic carbocycles. The van der Waals surface area contributed by atoms with Crippen LogP contribution in [-0.2, 0) is 16.0 Å². The van der Waals surface area contributed by atoms with Crippen LogP contribution in [0.1, 0.15) is 5.56 Å². The van der Waals surface area contributed by atoms with Gasteiger partial charge in [0, 0.05) is 28.9 Å². The average Bonchev–Trinajstić information content (AvgIpc) is 3.12. The maximum Gasteiger partial charge on any atom is 0.250 e. The number of H-pyrrole nitrogens is 1. The number of amides is 2. The van der Waals surface area contributed by atoms with Gasteiger partial charge in [0.2, 0.25) is 11.8 Å². The molecule has 0 saturated heterocycles. The number of likely N-dealkylation sites (N-methyl/N-ethyl adjacent to an activating group) is 1. The first-order valence-electron chi connectivity index (χ1n) is 9.27. The molecule has 2 heterocycles. The summed E-state index contributed by atoms with van der Waals surface area (Å²) in [5.41, 5.74) is 8.61. The lowest BCUT2D eigenvalue weighted by atomic mass is 9.98. The van der Waals surface area contributed by atoms with E-state index in [1.54, 1.807) is 19.2 Å². The summed E-state index contributed by atoms with van der Waals surface area (Å²) in [4.78, 5) is 32.4. The molecule has 0 saturated carbocycles. The highest BCUT2D eigenvalue weighted by atomic mass is 19.1. The Kier molecular flexibility index (Phi) is 4.79. The van der Waals surface area contributed by atoms with Gasteiger partial charge in [-0.2, -0.15) is 0 Å². The zero-order valence-corrected chi connectivity index (χ0v) is 16.3.